The van der Waals surface area contributed by atoms with E-state index in [0.717, 1.165) is 23.7 Å². The summed E-state index contributed by atoms with van der Waals surface area (Å²) in [5.74, 6) is 0.591. The van der Waals surface area contributed by atoms with E-state index in [2.05, 4.69) is 21.1 Å². The lowest BCUT2D eigenvalue weighted by molar-refractivity contribution is -0.870. The predicted octanol–water partition coefficient (Wildman–Crippen LogP) is -1.75. The third kappa shape index (κ3) is 12.4. The Morgan fingerprint density at radius 1 is 0.875 bits per heavy atom. The number of aliphatic hydroxyl groups is 2. The Bertz CT molecular complexity index is 148. The van der Waals surface area contributed by atoms with Crippen LogP contribution < -0.4 is 17.0 Å². The van der Waals surface area contributed by atoms with E-state index in [9.17, 15) is 0 Å². The van der Waals surface area contributed by atoms with E-state index < -0.39 is 0 Å². The largest absolute Gasteiger partial charge is 1.00 e. The van der Waals surface area contributed by atoms with Crippen molar-refractivity contribution < 1.29 is 31.7 Å². The van der Waals surface area contributed by atoms with Gasteiger partial charge in [-0.3, -0.25) is 0 Å². The van der Waals surface area contributed by atoms with Gasteiger partial charge in [0.25, 0.3) is 0 Å². The average molecular weight is 298 g/mol. The molecule has 100 valence electrons. The van der Waals surface area contributed by atoms with Crippen molar-refractivity contribution in [1.29, 1.82) is 0 Å². The molecule has 0 aromatic rings. The number of nitrogens with zero attached hydrogens (tertiary/aromatic N) is 1. The fourth-order valence-electron chi connectivity index (χ4n) is 1.85. The SMILES string of the molecule is C[N+](C)(C)CCCC(CCO)CCCO.[Br-]. The van der Waals surface area contributed by atoms with Crippen molar-refractivity contribution in [2.24, 2.45) is 5.92 Å². The maximum Gasteiger partial charge on any atom is 0.0780 e. The molecule has 0 radical (unpaired) electrons. The molecule has 2 N–H and O–H groups in total. The smallest absolute Gasteiger partial charge is 0.0780 e. The van der Waals surface area contributed by atoms with Gasteiger partial charge < -0.3 is 31.7 Å². The van der Waals surface area contributed by atoms with Crippen LogP contribution >= 0.6 is 0 Å². The summed E-state index contributed by atoms with van der Waals surface area (Å²) in [6.45, 7) is 1.73. The maximum absolute atomic E-state index is 8.93. The Hall–Kier alpha value is 0.360. The van der Waals surface area contributed by atoms with Gasteiger partial charge in [-0.1, -0.05) is 0 Å². The molecular formula is C12H28BrNO2. The van der Waals surface area contributed by atoms with E-state index in [0.29, 0.717) is 5.92 Å². The first kappa shape index (κ1) is 18.7. The number of aliphatic hydroxyl groups excluding tert-OH is 2. The second-order valence-electron chi connectivity index (χ2n) is 5.40. The van der Waals surface area contributed by atoms with E-state index in [1.807, 2.05) is 0 Å². The molecule has 0 aliphatic rings. The molecule has 0 bridgehead atoms. The standard InChI is InChI=1S/C12H28NO2.BrH/c1-13(2,3)9-4-6-12(8-11-15)7-5-10-14;/h12,14-15H,4-11H2,1-3H3;1H/q+1;/p-1. The Balaban J connectivity index is 0. The lowest BCUT2D eigenvalue weighted by atomic mass is 9.94. The van der Waals surface area contributed by atoms with Gasteiger partial charge in [-0.15, -0.1) is 0 Å². The lowest BCUT2D eigenvalue weighted by Crippen LogP contribution is -3.00. The van der Waals surface area contributed by atoms with Gasteiger partial charge in [-0.2, -0.15) is 0 Å². The molecule has 0 heterocycles. The Labute approximate surface area is 111 Å². The molecule has 0 aliphatic heterocycles. The molecule has 0 aliphatic carbocycles. The zero-order chi connectivity index (χ0) is 11.7. The van der Waals surface area contributed by atoms with Crippen molar-refractivity contribution in [3.63, 3.8) is 0 Å². The highest BCUT2D eigenvalue weighted by Crippen LogP contribution is 2.17. The van der Waals surface area contributed by atoms with Gasteiger partial charge in [0.05, 0.1) is 27.7 Å². The zero-order valence-corrected chi connectivity index (χ0v) is 12.5. The zero-order valence-electron chi connectivity index (χ0n) is 11.0. The summed E-state index contributed by atoms with van der Waals surface area (Å²) < 4.78 is 1.01. The molecule has 16 heavy (non-hydrogen) atoms. The van der Waals surface area contributed by atoms with Crippen LogP contribution in [0.5, 0.6) is 0 Å². The molecule has 1 unspecified atom stereocenters. The highest BCUT2D eigenvalue weighted by molar-refractivity contribution is 4.59. The number of hydrogen-bond acceptors (Lipinski definition) is 2. The highest BCUT2D eigenvalue weighted by atomic mass is 79.9. The van der Waals surface area contributed by atoms with Gasteiger partial charge in [0.1, 0.15) is 0 Å². The normalized spacial score (nSPS) is 13.3. The monoisotopic (exact) mass is 297 g/mol. The molecular weight excluding hydrogens is 270 g/mol. The summed E-state index contributed by atoms with van der Waals surface area (Å²) in [4.78, 5) is 0. The van der Waals surface area contributed by atoms with Crippen LogP contribution in [0.25, 0.3) is 0 Å². The summed E-state index contributed by atoms with van der Waals surface area (Å²) in [7, 11) is 6.61. The first-order valence-electron chi connectivity index (χ1n) is 6.02. The molecule has 3 nitrogen and oxygen atoms in total. The minimum absolute atomic E-state index is 0. The van der Waals surface area contributed by atoms with E-state index in [1.54, 1.807) is 0 Å². The molecule has 0 aromatic carbocycles. The van der Waals surface area contributed by atoms with Gasteiger partial charge in [-0.25, -0.2) is 0 Å². The Morgan fingerprint density at radius 3 is 1.88 bits per heavy atom. The van der Waals surface area contributed by atoms with Crippen LogP contribution in [0.2, 0.25) is 0 Å². The number of halogens is 1. The minimum atomic E-state index is 0. The first-order chi connectivity index (χ1) is 6.99. The molecule has 0 spiro atoms. The fourth-order valence-corrected chi connectivity index (χ4v) is 1.85. The summed E-state index contributed by atoms with van der Waals surface area (Å²) in [5, 5.41) is 17.7. The number of hydrogen-bond donors (Lipinski definition) is 2. The van der Waals surface area contributed by atoms with Gasteiger partial charge in [0.15, 0.2) is 0 Å². The van der Waals surface area contributed by atoms with Crippen molar-refractivity contribution in [3.05, 3.63) is 0 Å². The van der Waals surface area contributed by atoms with Crippen LogP contribution in [0.1, 0.15) is 32.1 Å². The van der Waals surface area contributed by atoms with Gasteiger partial charge in [0, 0.05) is 13.2 Å². The Morgan fingerprint density at radius 2 is 1.44 bits per heavy atom. The third-order valence-electron chi connectivity index (χ3n) is 2.75. The Kier molecular flexibility index (Phi) is 12.3. The third-order valence-corrected chi connectivity index (χ3v) is 2.75. The van der Waals surface area contributed by atoms with Crippen LogP contribution in [0.4, 0.5) is 0 Å². The summed E-state index contributed by atoms with van der Waals surface area (Å²) >= 11 is 0. The molecule has 0 saturated heterocycles. The van der Waals surface area contributed by atoms with E-state index in [-0.39, 0.29) is 30.2 Å². The van der Waals surface area contributed by atoms with Crippen LogP contribution in [0, 0.1) is 5.92 Å². The molecule has 0 aromatic heterocycles. The second kappa shape index (κ2) is 10.5. The highest BCUT2D eigenvalue weighted by Gasteiger charge is 2.11. The fraction of sp³-hybridized carbons (Fsp3) is 1.00. The lowest BCUT2D eigenvalue weighted by Gasteiger charge is -2.25. The van der Waals surface area contributed by atoms with Crippen molar-refractivity contribution >= 4 is 0 Å². The van der Waals surface area contributed by atoms with E-state index >= 15 is 0 Å². The van der Waals surface area contributed by atoms with Gasteiger partial charge in [0.2, 0.25) is 0 Å². The number of rotatable bonds is 9. The second-order valence-corrected chi connectivity index (χ2v) is 5.40. The van der Waals surface area contributed by atoms with Gasteiger partial charge in [-0.05, 0) is 38.0 Å². The quantitative estimate of drug-likeness (QED) is 0.496. The molecule has 0 amide bonds. The summed E-state index contributed by atoms with van der Waals surface area (Å²) in [6, 6.07) is 0. The molecule has 0 fully saturated rings. The summed E-state index contributed by atoms with van der Waals surface area (Å²) in [5.41, 5.74) is 0. The van der Waals surface area contributed by atoms with Gasteiger partial charge >= 0.3 is 0 Å². The molecule has 4 heteroatoms. The molecule has 0 saturated carbocycles. The predicted molar refractivity (Wildman–Crippen MR) is 63.6 cm³/mol. The number of quaternary nitrogens is 1. The summed E-state index contributed by atoms with van der Waals surface area (Å²) in [6.07, 6.45) is 5.19. The first-order valence-corrected chi connectivity index (χ1v) is 6.02. The topological polar surface area (TPSA) is 40.5 Å². The maximum atomic E-state index is 8.93. The van der Waals surface area contributed by atoms with Crippen molar-refractivity contribution in [2.45, 2.75) is 32.1 Å². The van der Waals surface area contributed by atoms with Crippen molar-refractivity contribution in [2.75, 3.05) is 40.9 Å². The van der Waals surface area contributed by atoms with Crippen LogP contribution in [-0.2, 0) is 0 Å². The molecule has 0 rings (SSSR count). The van der Waals surface area contributed by atoms with Crippen LogP contribution in [-0.4, -0.2) is 55.6 Å². The molecule has 1 atom stereocenters. The van der Waals surface area contributed by atoms with E-state index in [4.69, 9.17) is 10.2 Å². The van der Waals surface area contributed by atoms with Crippen molar-refractivity contribution in [3.8, 4) is 0 Å². The van der Waals surface area contributed by atoms with E-state index in [1.165, 1.54) is 19.4 Å². The van der Waals surface area contributed by atoms with Crippen LogP contribution in [0.3, 0.4) is 0 Å². The minimum Gasteiger partial charge on any atom is -1.00 e. The van der Waals surface area contributed by atoms with Crippen molar-refractivity contribution in [1.82, 2.24) is 0 Å². The van der Waals surface area contributed by atoms with Crippen LogP contribution in [0.15, 0.2) is 0 Å². The average Bonchev–Trinajstić information content (AvgIpc) is 2.12.